The Morgan fingerprint density at radius 3 is 3.06 bits per heavy atom. The number of carbonyl (C=O) groups excluding carboxylic acids is 1. The van der Waals surface area contributed by atoms with Crippen molar-refractivity contribution in [3.05, 3.63) is 20.8 Å². The molecule has 0 radical (unpaired) electrons. The van der Waals surface area contributed by atoms with Crippen LogP contribution in [0.2, 0.25) is 0 Å². The zero-order chi connectivity index (χ0) is 12.0. The lowest BCUT2D eigenvalue weighted by Gasteiger charge is -2.08. The second kappa shape index (κ2) is 7.32. The van der Waals surface area contributed by atoms with E-state index in [1.165, 1.54) is 12.0 Å². The number of rotatable bonds is 6. The molecule has 90 valence electrons. The molecule has 1 aromatic heterocycles. The number of hydrogen-bond acceptors (Lipinski definition) is 5. The summed E-state index contributed by atoms with van der Waals surface area (Å²) in [5.41, 5.74) is 5.62. The van der Waals surface area contributed by atoms with E-state index in [0.29, 0.717) is 6.42 Å². The first kappa shape index (κ1) is 14.0. The molecule has 2 N–H and O–H groups in total. The normalized spacial score (nSPS) is 12.4. The van der Waals surface area contributed by atoms with Crippen molar-refractivity contribution in [1.29, 1.82) is 0 Å². The molecule has 0 aliphatic rings. The second-order valence-corrected chi connectivity index (χ2v) is 6.12. The fourth-order valence-corrected chi connectivity index (χ4v) is 3.96. The molecule has 0 amide bonds. The Hall–Kier alpha value is -0.0400. The maximum atomic E-state index is 11.0. The Morgan fingerprint density at radius 2 is 2.50 bits per heavy atom. The van der Waals surface area contributed by atoms with Gasteiger partial charge in [0, 0.05) is 15.1 Å². The highest BCUT2D eigenvalue weighted by molar-refractivity contribution is 9.10. The number of carbonyl (C=O) groups is 1. The van der Waals surface area contributed by atoms with Gasteiger partial charge in [0.25, 0.3) is 0 Å². The number of halogens is 1. The minimum Gasteiger partial charge on any atom is -0.468 e. The predicted octanol–water partition coefficient (Wildman–Crippen LogP) is 2.63. The van der Waals surface area contributed by atoms with E-state index in [0.717, 1.165) is 16.0 Å². The van der Waals surface area contributed by atoms with Crippen LogP contribution in [0, 0.1) is 0 Å². The molecule has 0 aliphatic heterocycles. The summed E-state index contributed by atoms with van der Waals surface area (Å²) >= 11 is 6.98. The van der Waals surface area contributed by atoms with Gasteiger partial charge in [0.05, 0.1) is 7.11 Å². The first-order valence-electron chi connectivity index (χ1n) is 4.78. The van der Waals surface area contributed by atoms with E-state index in [2.05, 4.69) is 26.0 Å². The minimum atomic E-state index is -0.496. The van der Waals surface area contributed by atoms with Gasteiger partial charge in [-0.1, -0.05) is 0 Å². The molecular weight excluding hydrogens is 310 g/mol. The van der Waals surface area contributed by atoms with Crippen LogP contribution in [-0.2, 0) is 15.3 Å². The van der Waals surface area contributed by atoms with E-state index < -0.39 is 6.04 Å². The average molecular weight is 324 g/mol. The lowest BCUT2D eigenvalue weighted by Crippen LogP contribution is -2.31. The van der Waals surface area contributed by atoms with Crippen molar-refractivity contribution >= 4 is 45.0 Å². The molecule has 16 heavy (non-hydrogen) atoms. The highest BCUT2D eigenvalue weighted by atomic mass is 79.9. The van der Waals surface area contributed by atoms with Crippen molar-refractivity contribution in [3.63, 3.8) is 0 Å². The smallest absolute Gasteiger partial charge is 0.322 e. The minimum absolute atomic E-state index is 0.335. The fourth-order valence-electron chi connectivity index (χ4n) is 1.07. The third-order valence-corrected chi connectivity index (χ3v) is 5.13. The van der Waals surface area contributed by atoms with Gasteiger partial charge in [-0.15, -0.1) is 11.3 Å². The van der Waals surface area contributed by atoms with E-state index in [1.807, 2.05) is 6.07 Å². The molecule has 6 heteroatoms. The maximum Gasteiger partial charge on any atom is 0.322 e. The topological polar surface area (TPSA) is 52.3 Å². The molecule has 0 aliphatic carbocycles. The first-order chi connectivity index (χ1) is 7.65. The van der Waals surface area contributed by atoms with Gasteiger partial charge in [0.15, 0.2) is 0 Å². The molecule has 1 rings (SSSR count). The van der Waals surface area contributed by atoms with E-state index in [4.69, 9.17) is 5.73 Å². The Kier molecular flexibility index (Phi) is 6.41. The van der Waals surface area contributed by atoms with Gasteiger partial charge in [-0.3, -0.25) is 4.79 Å². The third-order valence-electron chi connectivity index (χ3n) is 2.00. The Bertz CT molecular complexity index is 343. The monoisotopic (exact) mass is 323 g/mol. The molecule has 0 saturated carbocycles. The Balaban J connectivity index is 2.17. The summed E-state index contributed by atoms with van der Waals surface area (Å²) in [5, 5.41) is 2.06. The lowest BCUT2D eigenvalue weighted by atomic mass is 10.2. The molecule has 3 nitrogen and oxygen atoms in total. The molecule has 1 heterocycles. The molecule has 1 aromatic rings. The summed E-state index contributed by atoms with van der Waals surface area (Å²) in [5.74, 6) is 1.48. The number of thioether (sulfide) groups is 1. The largest absolute Gasteiger partial charge is 0.468 e. The van der Waals surface area contributed by atoms with Crippen molar-refractivity contribution in [2.75, 3.05) is 12.9 Å². The van der Waals surface area contributed by atoms with E-state index in [1.54, 1.807) is 23.1 Å². The summed E-state index contributed by atoms with van der Waals surface area (Å²) in [7, 11) is 1.36. The van der Waals surface area contributed by atoms with Crippen LogP contribution in [0.25, 0.3) is 0 Å². The average Bonchev–Trinajstić information content (AvgIpc) is 2.69. The molecule has 0 aromatic carbocycles. The van der Waals surface area contributed by atoms with Crippen molar-refractivity contribution in [3.8, 4) is 0 Å². The Labute approximate surface area is 112 Å². The standard InChI is InChI=1S/C10H14BrNO2S2/c1-14-10(13)8(12)3-4-15-6-9-7(11)2-5-16-9/h2,5,8H,3-4,6,12H2,1H3. The molecule has 0 spiro atoms. The van der Waals surface area contributed by atoms with Crippen molar-refractivity contribution < 1.29 is 9.53 Å². The van der Waals surface area contributed by atoms with Gasteiger partial charge in [-0.05, 0) is 39.6 Å². The van der Waals surface area contributed by atoms with Crippen LogP contribution in [-0.4, -0.2) is 24.9 Å². The van der Waals surface area contributed by atoms with Gasteiger partial charge in [-0.2, -0.15) is 11.8 Å². The molecule has 1 unspecified atom stereocenters. The summed E-state index contributed by atoms with van der Waals surface area (Å²) in [6.45, 7) is 0. The summed E-state index contributed by atoms with van der Waals surface area (Å²) in [6, 6.07) is 1.55. The summed E-state index contributed by atoms with van der Waals surface area (Å²) < 4.78 is 5.71. The van der Waals surface area contributed by atoms with Crippen LogP contribution in [0.4, 0.5) is 0 Å². The second-order valence-electron chi connectivity index (χ2n) is 3.16. The van der Waals surface area contributed by atoms with Crippen molar-refractivity contribution in [1.82, 2.24) is 0 Å². The van der Waals surface area contributed by atoms with Crippen LogP contribution < -0.4 is 5.73 Å². The van der Waals surface area contributed by atoms with Crippen LogP contribution in [0.1, 0.15) is 11.3 Å². The van der Waals surface area contributed by atoms with Crippen molar-refractivity contribution in [2.45, 2.75) is 18.2 Å². The predicted molar refractivity (Wildman–Crippen MR) is 72.8 cm³/mol. The Morgan fingerprint density at radius 1 is 1.75 bits per heavy atom. The fraction of sp³-hybridized carbons (Fsp3) is 0.500. The highest BCUT2D eigenvalue weighted by Gasteiger charge is 2.12. The zero-order valence-electron chi connectivity index (χ0n) is 8.94. The summed E-state index contributed by atoms with van der Waals surface area (Å²) in [6.07, 6.45) is 0.653. The number of methoxy groups -OCH3 is 1. The van der Waals surface area contributed by atoms with Crippen LogP contribution in [0.3, 0.4) is 0 Å². The van der Waals surface area contributed by atoms with E-state index >= 15 is 0 Å². The van der Waals surface area contributed by atoms with Crippen LogP contribution in [0.5, 0.6) is 0 Å². The van der Waals surface area contributed by atoms with Gasteiger partial charge in [0.2, 0.25) is 0 Å². The maximum absolute atomic E-state index is 11.0. The first-order valence-corrected chi connectivity index (χ1v) is 7.61. The molecular formula is C10H14BrNO2S2. The molecule has 0 bridgehead atoms. The van der Waals surface area contributed by atoms with E-state index in [-0.39, 0.29) is 5.97 Å². The third kappa shape index (κ3) is 4.45. The van der Waals surface area contributed by atoms with Gasteiger partial charge in [-0.25, -0.2) is 0 Å². The number of esters is 1. The number of ether oxygens (including phenoxy) is 1. The number of thiophene rings is 1. The van der Waals surface area contributed by atoms with Gasteiger partial charge in [0.1, 0.15) is 6.04 Å². The SMILES string of the molecule is COC(=O)C(N)CCSCc1sccc1Br. The number of hydrogen-bond donors (Lipinski definition) is 1. The zero-order valence-corrected chi connectivity index (χ0v) is 12.2. The molecule has 0 fully saturated rings. The molecule has 1 atom stereocenters. The van der Waals surface area contributed by atoms with Crippen molar-refractivity contribution in [2.24, 2.45) is 5.73 Å². The quantitative estimate of drug-likeness (QED) is 0.646. The molecule has 0 saturated heterocycles. The van der Waals surface area contributed by atoms with Crippen LogP contribution in [0.15, 0.2) is 15.9 Å². The highest BCUT2D eigenvalue weighted by Crippen LogP contribution is 2.27. The summed E-state index contributed by atoms with van der Waals surface area (Å²) in [4.78, 5) is 12.3. The van der Waals surface area contributed by atoms with Gasteiger partial charge >= 0.3 is 5.97 Å². The van der Waals surface area contributed by atoms with E-state index in [9.17, 15) is 4.79 Å². The number of nitrogens with two attached hydrogens (primary N) is 1. The van der Waals surface area contributed by atoms with Gasteiger partial charge < -0.3 is 10.5 Å². The van der Waals surface area contributed by atoms with Crippen LogP contribution >= 0.6 is 39.0 Å². The lowest BCUT2D eigenvalue weighted by molar-refractivity contribution is -0.142.